The molecule has 1 heteroatoms. The van der Waals surface area contributed by atoms with Crippen LogP contribution in [0, 0.1) is 12.2 Å². The molecule has 68 valence electrons. The van der Waals surface area contributed by atoms with Crippen molar-refractivity contribution in [3.63, 3.8) is 0 Å². The van der Waals surface area contributed by atoms with E-state index in [-0.39, 0.29) is 17.4 Å². The maximum Gasteiger partial charge on any atom is 2.00 e. The van der Waals surface area contributed by atoms with E-state index in [1.54, 1.807) is 0 Å². The molecule has 0 unspecified atom stereocenters. The molecule has 0 aliphatic heterocycles. The van der Waals surface area contributed by atoms with E-state index in [1.807, 2.05) is 0 Å². The number of hydrogen-bond donors (Lipinski definition) is 0. The maximum absolute atomic E-state index is 3.12. The minimum absolute atomic E-state index is 0. The van der Waals surface area contributed by atoms with Crippen LogP contribution in [0.4, 0.5) is 0 Å². The Balaban J connectivity index is 0.000000206. The Bertz CT molecular complexity index is 221. The van der Waals surface area contributed by atoms with Gasteiger partial charge in [-0.3, -0.25) is 12.2 Å². The zero-order valence-electron chi connectivity index (χ0n) is 8.13. The summed E-state index contributed by atoms with van der Waals surface area (Å²) in [7, 11) is 0. The molecule has 0 aromatic rings. The van der Waals surface area contributed by atoms with Crippen molar-refractivity contribution >= 4 is 0 Å². The average Bonchev–Trinajstić information content (AvgIpc) is 2.63. The summed E-state index contributed by atoms with van der Waals surface area (Å²) in [5, 5.41) is 0. The minimum atomic E-state index is 0. The molecule has 2 aliphatic carbocycles. The molecule has 13 heavy (non-hydrogen) atoms. The molecule has 0 nitrogen and oxygen atoms in total. The predicted octanol–water partition coefficient (Wildman–Crippen LogP) is 3.39. The van der Waals surface area contributed by atoms with Crippen LogP contribution in [0.5, 0.6) is 0 Å². The van der Waals surface area contributed by atoms with Crippen LogP contribution in [0.1, 0.15) is 26.7 Å². The van der Waals surface area contributed by atoms with Crippen LogP contribution in [-0.4, -0.2) is 0 Å². The van der Waals surface area contributed by atoms with Crippen LogP contribution in [0.25, 0.3) is 0 Å². The zero-order valence-corrected chi connectivity index (χ0v) is 9.41. The van der Waals surface area contributed by atoms with E-state index in [4.69, 9.17) is 0 Å². The van der Waals surface area contributed by atoms with E-state index < -0.39 is 0 Å². The second-order valence-corrected chi connectivity index (χ2v) is 2.93. The maximum atomic E-state index is 3.12. The molecule has 0 fully saturated rings. The van der Waals surface area contributed by atoms with E-state index >= 15 is 0 Å². The zero-order chi connectivity index (χ0) is 8.81. The molecule has 2 aliphatic rings. The smallest absolute Gasteiger partial charge is 0.270 e. The fraction of sp³-hybridized carbons (Fsp3) is 0.333. The molecule has 0 saturated carbocycles. The van der Waals surface area contributed by atoms with Gasteiger partial charge in [-0.2, -0.15) is 12.2 Å². The number of rotatable bonds is 0. The van der Waals surface area contributed by atoms with Crippen molar-refractivity contribution in [1.82, 2.24) is 0 Å². The van der Waals surface area contributed by atoms with E-state index in [9.17, 15) is 0 Å². The van der Waals surface area contributed by atoms with Crippen molar-refractivity contribution in [1.29, 1.82) is 0 Å². The summed E-state index contributed by atoms with van der Waals surface area (Å²) in [6, 6.07) is 0. The van der Waals surface area contributed by atoms with E-state index in [1.165, 1.54) is 11.1 Å². The fourth-order valence-electron chi connectivity index (χ4n) is 1.03. The first-order chi connectivity index (χ1) is 5.79. The Labute approximate surface area is 91.9 Å². The summed E-state index contributed by atoms with van der Waals surface area (Å²) in [6.07, 6.45) is 16.7. The molecule has 0 N–H and O–H groups in total. The summed E-state index contributed by atoms with van der Waals surface area (Å²) >= 11 is 0. The first kappa shape index (κ1) is 12.5. The van der Waals surface area contributed by atoms with Crippen LogP contribution < -0.4 is 0 Å². The van der Waals surface area contributed by atoms with Crippen LogP contribution in [0.3, 0.4) is 0 Å². The number of allylic oxidation sites excluding steroid dienone is 8. The Morgan fingerprint density at radius 1 is 0.923 bits per heavy atom. The van der Waals surface area contributed by atoms with Crippen molar-refractivity contribution in [2.75, 3.05) is 0 Å². The minimum Gasteiger partial charge on any atom is -0.270 e. The standard InChI is InChI=1S/2C6H7.Cr/c2*1-6-4-2-3-5-6;/h2*2,4H,3H2,1H3;/q2*-1;+2. The average molecular weight is 210 g/mol. The van der Waals surface area contributed by atoms with Crippen LogP contribution >= 0.6 is 0 Å². The topological polar surface area (TPSA) is 0 Å². The molecule has 0 aromatic heterocycles. The van der Waals surface area contributed by atoms with Gasteiger partial charge in [-0.15, -0.1) is 12.8 Å². The molecular weight excluding hydrogens is 196 g/mol. The van der Waals surface area contributed by atoms with Crippen molar-refractivity contribution in [3.05, 3.63) is 47.6 Å². The quantitative estimate of drug-likeness (QED) is 0.537. The van der Waals surface area contributed by atoms with Gasteiger partial charge < -0.3 is 0 Å². The first-order valence-electron chi connectivity index (χ1n) is 4.27. The van der Waals surface area contributed by atoms with Gasteiger partial charge in [0, 0.05) is 0 Å². The normalized spacial score (nSPS) is 17.1. The second kappa shape index (κ2) is 6.95. The van der Waals surface area contributed by atoms with Crippen molar-refractivity contribution < 1.29 is 17.4 Å². The predicted molar refractivity (Wildman–Crippen MR) is 52.4 cm³/mol. The van der Waals surface area contributed by atoms with Crippen molar-refractivity contribution in [3.8, 4) is 0 Å². The van der Waals surface area contributed by atoms with Gasteiger partial charge in [0.05, 0.1) is 0 Å². The van der Waals surface area contributed by atoms with Crippen LogP contribution in [0.15, 0.2) is 35.5 Å². The summed E-state index contributed by atoms with van der Waals surface area (Å²) in [6.45, 7) is 4.12. The monoisotopic (exact) mass is 210 g/mol. The van der Waals surface area contributed by atoms with Gasteiger partial charge >= 0.3 is 17.4 Å². The van der Waals surface area contributed by atoms with Gasteiger partial charge in [-0.25, -0.2) is 23.3 Å². The Morgan fingerprint density at radius 2 is 1.31 bits per heavy atom. The largest absolute Gasteiger partial charge is 2.00 e. The van der Waals surface area contributed by atoms with E-state index in [0.717, 1.165) is 12.8 Å². The van der Waals surface area contributed by atoms with Gasteiger partial charge in [0.2, 0.25) is 0 Å². The van der Waals surface area contributed by atoms with Crippen molar-refractivity contribution in [2.24, 2.45) is 0 Å². The van der Waals surface area contributed by atoms with Gasteiger partial charge in [0.25, 0.3) is 0 Å². The van der Waals surface area contributed by atoms with E-state index in [2.05, 4.69) is 50.3 Å². The van der Waals surface area contributed by atoms with Gasteiger partial charge in [-0.05, 0) is 0 Å². The molecular formula is C12H14Cr. The Morgan fingerprint density at radius 3 is 1.38 bits per heavy atom. The molecule has 0 bridgehead atoms. The molecule has 0 amide bonds. The third-order valence-electron chi connectivity index (χ3n) is 1.73. The number of hydrogen-bond acceptors (Lipinski definition) is 0. The summed E-state index contributed by atoms with van der Waals surface area (Å²) in [5.74, 6) is 0. The van der Waals surface area contributed by atoms with Gasteiger partial charge in [-0.1, -0.05) is 13.8 Å². The fourth-order valence-corrected chi connectivity index (χ4v) is 1.03. The SMILES string of the molecule is CC1=[C-]CC=C1.CC1=[C-]CC=C1.[Cr+2]. The van der Waals surface area contributed by atoms with Crippen LogP contribution in [-0.2, 0) is 17.4 Å². The van der Waals surface area contributed by atoms with Gasteiger partial charge in [0.1, 0.15) is 0 Å². The van der Waals surface area contributed by atoms with E-state index in [0.29, 0.717) is 0 Å². The molecule has 0 heterocycles. The Kier molecular flexibility index (Phi) is 6.68. The first-order valence-corrected chi connectivity index (χ1v) is 4.27. The summed E-state index contributed by atoms with van der Waals surface area (Å²) in [5.41, 5.74) is 2.55. The Hall–Kier alpha value is -0.508. The summed E-state index contributed by atoms with van der Waals surface area (Å²) < 4.78 is 0. The molecule has 0 spiro atoms. The molecule has 2 rings (SSSR count). The second-order valence-electron chi connectivity index (χ2n) is 2.93. The van der Waals surface area contributed by atoms with Gasteiger partial charge in [0.15, 0.2) is 0 Å². The summed E-state index contributed by atoms with van der Waals surface area (Å²) in [4.78, 5) is 0. The molecule has 0 radical (unpaired) electrons. The molecule has 0 saturated heterocycles. The molecule has 0 atom stereocenters. The van der Waals surface area contributed by atoms with Crippen molar-refractivity contribution in [2.45, 2.75) is 26.7 Å². The third-order valence-corrected chi connectivity index (χ3v) is 1.73. The van der Waals surface area contributed by atoms with Crippen LogP contribution in [0.2, 0.25) is 0 Å². The molecule has 0 aromatic carbocycles. The third kappa shape index (κ3) is 5.69.